The molecule has 2 heterocycles. The molecule has 1 saturated heterocycles. The number of halogens is 2. The quantitative estimate of drug-likeness (QED) is 0.430. The fraction of sp³-hybridized carbons (Fsp3) is 0.292. The molecular weight excluding hydrogens is 435 g/mol. The number of hydrogen-bond donors (Lipinski definition) is 1. The predicted octanol–water partition coefficient (Wildman–Crippen LogP) is 5.17. The Hall–Kier alpha value is -3.19. The molecule has 0 bridgehead atoms. The van der Waals surface area contributed by atoms with E-state index in [-0.39, 0.29) is 12.4 Å². The lowest BCUT2D eigenvalue weighted by atomic mass is 10.0. The first-order valence-corrected chi connectivity index (χ1v) is 10.7. The van der Waals surface area contributed by atoms with Gasteiger partial charge in [-0.1, -0.05) is 29.8 Å². The molecule has 1 fully saturated rings. The third kappa shape index (κ3) is 5.53. The molecule has 32 heavy (non-hydrogen) atoms. The molecule has 1 aromatic heterocycles. The summed E-state index contributed by atoms with van der Waals surface area (Å²) in [5.74, 6) is -0.130. The Morgan fingerprint density at radius 2 is 1.84 bits per heavy atom. The summed E-state index contributed by atoms with van der Waals surface area (Å²) in [4.78, 5) is 26.8. The van der Waals surface area contributed by atoms with E-state index in [2.05, 4.69) is 4.98 Å². The number of carboxylic acid groups (broad SMARTS) is 1. The number of benzene rings is 2. The minimum Gasteiger partial charge on any atom is -0.483 e. The average molecular weight is 459 g/mol. The summed E-state index contributed by atoms with van der Waals surface area (Å²) in [6, 6.07) is 14.0. The van der Waals surface area contributed by atoms with Crippen molar-refractivity contribution in [1.82, 2.24) is 9.88 Å². The van der Waals surface area contributed by atoms with Crippen LogP contribution in [0.3, 0.4) is 0 Å². The van der Waals surface area contributed by atoms with Crippen LogP contribution < -0.4 is 4.74 Å². The number of fused-ring (bicyclic) bond motifs is 1. The van der Waals surface area contributed by atoms with Gasteiger partial charge >= 0.3 is 0 Å². The zero-order valence-corrected chi connectivity index (χ0v) is 18.4. The highest BCUT2D eigenvalue weighted by Crippen LogP contribution is 2.34. The third-order valence-corrected chi connectivity index (χ3v) is 5.57. The minimum absolute atomic E-state index is 0.0197. The number of hydrogen-bond acceptors (Lipinski definition) is 4. The van der Waals surface area contributed by atoms with Crippen molar-refractivity contribution in [2.24, 2.45) is 0 Å². The lowest BCUT2D eigenvalue weighted by Gasteiger charge is -2.29. The van der Waals surface area contributed by atoms with Gasteiger partial charge in [-0.15, -0.1) is 0 Å². The maximum atomic E-state index is 14.2. The first-order valence-electron chi connectivity index (χ1n) is 10.3. The van der Waals surface area contributed by atoms with Crippen molar-refractivity contribution < 1.29 is 23.8 Å². The molecule has 8 heteroatoms. The number of rotatable bonds is 4. The molecule has 1 N–H and O–H groups in total. The third-order valence-electron chi connectivity index (χ3n) is 5.24. The molecule has 4 rings (SSSR count). The molecule has 1 aliphatic heterocycles. The van der Waals surface area contributed by atoms with Crippen molar-refractivity contribution in [2.45, 2.75) is 32.3 Å². The van der Waals surface area contributed by atoms with E-state index < -0.39 is 12.1 Å². The Labute approximate surface area is 190 Å². The van der Waals surface area contributed by atoms with Gasteiger partial charge in [0, 0.05) is 41.2 Å². The van der Waals surface area contributed by atoms with Crippen molar-refractivity contribution in [1.29, 1.82) is 0 Å². The largest absolute Gasteiger partial charge is 0.483 e. The van der Waals surface area contributed by atoms with Crippen LogP contribution >= 0.6 is 11.6 Å². The number of likely N-dealkylation sites (tertiary alicyclic amines) is 1. The van der Waals surface area contributed by atoms with Gasteiger partial charge in [-0.25, -0.2) is 4.98 Å². The van der Waals surface area contributed by atoms with E-state index in [1.165, 1.54) is 6.07 Å². The predicted molar refractivity (Wildman–Crippen MR) is 121 cm³/mol. The van der Waals surface area contributed by atoms with E-state index in [0.717, 1.165) is 43.3 Å². The molecule has 0 aliphatic carbocycles. The molecule has 0 saturated carbocycles. The van der Waals surface area contributed by atoms with E-state index in [4.69, 9.17) is 26.2 Å². The Bertz CT molecular complexity index is 1100. The zero-order valence-electron chi connectivity index (χ0n) is 17.6. The van der Waals surface area contributed by atoms with E-state index in [1.54, 1.807) is 25.1 Å². The normalized spacial score (nSPS) is 14.3. The summed E-state index contributed by atoms with van der Waals surface area (Å²) in [7, 11) is 0. The summed E-state index contributed by atoms with van der Waals surface area (Å²) in [6.07, 6.45) is 2.61. The zero-order chi connectivity index (χ0) is 23.1. The second-order valence-electron chi connectivity index (χ2n) is 7.40. The maximum absolute atomic E-state index is 14.2. The van der Waals surface area contributed by atoms with Gasteiger partial charge in [0.1, 0.15) is 5.75 Å². The number of piperidine rings is 1. The summed E-state index contributed by atoms with van der Waals surface area (Å²) < 4.78 is 20.1. The molecule has 168 valence electrons. The van der Waals surface area contributed by atoms with Gasteiger partial charge in [-0.3, -0.25) is 9.59 Å². The molecule has 2 aromatic carbocycles. The molecule has 1 atom stereocenters. The average Bonchev–Trinajstić information content (AvgIpc) is 2.79. The van der Waals surface area contributed by atoms with Crippen LogP contribution in [0.2, 0.25) is 5.02 Å². The molecule has 3 aromatic rings. The first kappa shape index (κ1) is 23.5. The maximum Gasteiger partial charge on any atom is 0.290 e. The highest BCUT2D eigenvalue weighted by molar-refractivity contribution is 6.33. The second-order valence-corrected chi connectivity index (χ2v) is 7.81. The van der Waals surface area contributed by atoms with Gasteiger partial charge in [0.2, 0.25) is 5.95 Å². The number of carbonyl (C=O) groups excluding carboxylic acids is 1. The number of pyridine rings is 1. The van der Waals surface area contributed by atoms with Gasteiger partial charge in [0.25, 0.3) is 12.4 Å². The number of ether oxygens (including phenoxy) is 1. The minimum atomic E-state index is -0.609. The standard InChI is InChI=1S/C23H22ClFN2O2.CH2O2/c1-15(23(28)27-11-5-2-6-12-27)29-16-9-10-18-19(14-22(25)26-21(18)13-16)17-7-3-4-8-20(17)24;2-1-3/h3-4,7-10,13-15H,2,5-6,11-12H2,1H3;1H,(H,2,3). The van der Waals surface area contributed by atoms with Crippen LogP contribution in [0.15, 0.2) is 48.5 Å². The van der Waals surface area contributed by atoms with Gasteiger partial charge in [-0.2, -0.15) is 4.39 Å². The number of aromatic nitrogens is 1. The number of nitrogens with zero attached hydrogens (tertiary/aromatic N) is 2. The Kier molecular flexibility index (Phi) is 8.00. The molecule has 1 aliphatic rings. The van der Waals surface area contributed by atoms with Crippen molar-refractivity contribution in [3.8, 4) is 16.9 Å². The molecular formula is C24H24ClFN2O4. The Balaban J connectivity index is 0.000000913. The molecule has 1 unspecified atom stereocenters. The van der Waals surface area contributed by atoms with E-state index in [1.807, 2.05) is 29.2 Å². The fourth-order valence-corrected chi connectivity index (χ4v) is 4.02. The lowest BCUT2D eigenvalue weighted by Crippen LogP contribution is -2.43. The Morgan fingerprint density at radius 3 is 2.53 bits per heavy atom. The highest BCUT2D eigenvalue weighted by Gasteiger charge is 2.23. The van der Waals surface area contributed by atoms with Crippen molar-refractivity contribution in [3.63, 3.8) is 0 Å². The SMILES string of the molecule is CC(Oc1ccc2c(-c3ccccc3Cl)cc(F)nc2c1)C(=O)N1CCCCC1.O=CO. The summed E-state index contributed by atoms with van der Waals surface area (Å²) in [6.45, 7) is 3.05. The van der Waals surface area contributed by atoms with Crippen LogP contribution in [0, 0.1) is 5.95 Å². The number of amides is 1. The van der Waals surface area contributed by atoms with E-state index in [9.17, 15) is 9.18 Å². The topological polar surface area (TPSA) is 79.7 Å². The molecule has 6 nitrogen and oxygen atoms in total. The fourth-order valence-electron chi connectivity index (χ4n) is 3.78. The molecule has 0 radical (unpaired) electrons. The highest BCUT2D eigenvalue weighted by atomic mass is 35.5. The second kappa shape index (κ2) is 10.9. The van der Waals surface area contributed by atoms with Crippen molar-refractivity contribution >= 4 is 34.9 Å². The summed E-state index contributed by atoms with van der Waals surface area (Å²) in [5, 5.41) is 8.20. The number of carbonyl (C=O) groups is 2. The lowest BCUT2D eigenvalue weighted by molar-refractivity contribution is -0.138. The van der Waals surface area contributed by atoms with E-state index in [0.29, 0.717) is 21.9 Å². The van der Waals surface area contributed by atoms with Gasteiger partial charge in [0.15, 0.2) is 6.10 Å². The van der Waals surface area contributed by atoms with Gasteiger partial charge in [0.05, 0.1) is 5.52 Å². The van der Waals surface area contributed by atoms with Gasteiger partial charge < -0.3 is 14.7 Å². The summed E-state index contributed by atoms with van der Waals surface area (Å²) in [5.41, 5.74) is 1.86. The monoisotopic (exact) mass is 458 g/mol. The first-order chi connectivity index (χ1) is 15.4. The molecule has 1 amide bonds. The van der Waals surface area contributed by atoms with Crippen LogP contribution in [-0.4, -0.2) is 46.6 Å². The van der Waals surface area contributed by atoms with Crippen LogP contribution in [0.25, 0.3) is 22.0 Å². The van der Waals surface area contributed by atoms with Crippen LogP contribution in [0.1, 0.15) is 26.2 Å². The van der Waals surface area contributed by atoms with E-state index >= 15 is 0 Å². The summed E-state index contributed by atoms with van der Waals surface area (Å²) >= 11 is 6.31. The Morgan fingerprint density at radius 1 is 1.16 bits per heavy atom. The van der Waals surface area contributed by atoms with Crippen molar-refractivity contribution in [3.05, 3.63) is 59.5 Å². The van der Waals surface area contributed by atoms with Crippen LogP contribution in [0.4, 0.5) is 4.39 Å². The van der Waals surface area contributed by atoms with Crippen molar-refractivity contribution in [2.75, 3.05) is 13.1 Å². The van der Waals surface area contributed by atoms with Crippen LogP contribution in [0.5, 0.6) is 5.75 Å². The van der Waals surface area contributed by atoms with Crippen LogP contribution in [-0.2, 0) is 9.59 Å². The molecule has 0 spiro atoms. The van der Waals surface area contributed by atoms with Gasteiger partial charge in [-0.05, 0) is 49.9 Å². The smallest absolute Gasteiger partial charge is 0.290 e.